The van der Waals surface area contributed by atoms with E-state index in [0.29, 0.717) is 23.6 Å². The standard InChI is InChI=1S/C28H29N3O4S/c1-5-15-35-27(33)25-19(2)29-28-31(26(25)21-11-13-23(34-4)14-12-21)22(18-36-28)16-24(32)30(3)17-20-9-7-6-8-10-20/h5-14,18,26H,1,15-17H2,2-4H3. The monoisotopic (exact) mass is 503 g/mol. The Labute approximate surface area is 215 Å². The third kappa shape index (κ3) is 5.39. The highest BCUT2D eigenvalue weighted by atomic mass is 32.2. The zero-order valence-electron chi connectivity index (χ0n) is 20.6. The predicted molar refractivity (Wildman–Crippen MR) is 142 cm³/mol. The van der Waals surface area contributed by atoms with Crippen LogP contribution in [0, 0.1) is 0 Å². The van der Waals surface area contributed by atoms with Gasteiger partial charge in [-0.1, -0.05) is 66.9 Å². The first kappa shape index (κ1) is 25.3. The molecule has 36 heavy (non-hydrogen) atoms. The topological polar surface area (TPSA) is 71.4 Å². The number of rotatable bonds is 9. The summed E-state index contributed by atoms with van der Waals surface area (Å²) in [7, 11) is 3.41. The summed E-state index contributed by atoms with van der Waals surface area (Å²) in [6.07, 6.45) is 1.71. The van der Waals surface area contributed by atoms with E-state index in [9.17, 15) is 9.59 Å². The van der Waals surface area contributed by atoms with Gasteiger partial charge in [0.1, 0.15) is 12.4 Å². The van der Waals surface area contributed by atoms with Crippen LogP contribution in [0.4, 0.5) is 0 Å². The van der Waals surface area contributed by atoms with Gasteiger partial charge < -0.3 is 19.3 Å². The van der Waals surface area contributed by atoms with Crippen molar-refractivity contribution in [2.24, 2.45) is 4.99 Å². The molecule has 0 bridgehead atoms. The molecule has 1 amide bonds. The maximum atomic E-state index is 13.2. The van der Waals surface area contributed by atoms with Gasteiger partial charge in [0.2, 0.25) is 5.91 Å². The molecule has 0 aromatic heterocycles. The molecule has 2 aliphatic rings. The van der Waals surface area contributed by atoms with Gasteiger partial charge in [-0.2, -0.15) is 0 Å². The quantitative estimate of drug-likeness (QED) is 0.352. The number of allylic oxidation sites excluding steroid dienone is 1. The van der Waals surface area contributed by atoms with Crippen molar-refractivity contribution in [2.75, 3.05) is 20.8 Å². The lowest BCUT2D eigenvalue weighted by Crippen LogP contribution is -2.38. The molecule has 2 aromatic carbocycles. The number of thioether (sulfide) groups is 1. The zero-order valence-corrected chi connectivity index (χ0v) is 21.5. The second-order valence-electron chi connectivity index (χ2n) is 8.47. The van der Waals surface area contributed by atoms with E-state index in [1.807, 2.05) is 71.8 Å². The van der Waals surface area contributed by atoms with Gasteiger partial charge in [0.05, 0.1) is 30.8 Å². The molecule has 2 aromatic rings. The van der Waals surface area contributed by atoms with Crippen LogP contribution in [0.1, 0.15) is 30.5 Å². The summed E-state index contributed by atoms with van der Waals surface area (Å²) >= 11 is 1.45. The Balaban J connectivity index is 1.64. The first-order valence-electron chi connectivity index (χ1n) is 11.6. The summed E-state index contributed by atoms with van der Waals surface area (Å²) in [5.41, 5.74) is 3.73. The summed E-state index contributed by atoms with van der Waals surface area (Å²) in [6.45, 7) is 6.06. The Bertz CT molecular complexity index is 1240. The minimum atomic E-state index is -0.491. The first-order valence-corrected chi connectivity index (χ1v) is 12.4. The molecule has 186 valence electrons. The van der Waals surface area contributed by atoms with Gasteiger partial charge in [-0.25, -0.2) is 9.79 Å². The number of hydrogen-bond donors (Lipinski definition) is 0. The Morgan fingerprint density at radius 3 is 2.56 bits per heavy atom. The second kappa shape index (κ2) is 11.3. The van der Waals surface area contributed by atoms with Crippen LogP contribution in [-0.2, 0) is 20.9 Å². The van der Waals surface area contributed by atoms with Crippen molar-refractivity contribution in [1.82, 2.24) is 9.80 Å². The molecule has 0 aliphatic carbocycles. The van der Waals surface area contributed by atoms with Crippen LogP contribution in [-0.4, -0.2) is 47.6 Å². The number of hydrogen-bond acceptors (Lipinski definition) is 7. The number of carbonyl (C=O) groups is 2. The van der Waals surface area contributed by atoms with Crippen molar-refractivity contribution in [3.8, 4) is 5.75 Å². The Kier molecular flexibility index (Phi) is 7.95. The van der Waals surface area contributed by atoms with Crippen molar-refractivity contribution >= 4 is 28.8 Å². The van der Waals surface area contributed by atoms with E-state index >= 15 is 0 Å². The van der Waals surface area contributed by atoms with E-state index in [4.69, 9.17) is 14.5 Å². The van der Waals surface area contributed by atoms with Crippen molar-refractivity contribution in [3.63, 3.8) is 0 Å². The summed E-state index contributed by atoms with van der Waals surface area (Å²) < 4.78 is 10.8. The molecular formula is C28H29N3O4S. The van der Waals surface area contributed by atoms with Gasteiger partial charge in [0.25, 0.3) is 0 Å². The molecule has 0 saturated heterocycles. The summed E-state index contributed by atoms with van der Waals surface area (Å²) in [5, 5.41) is 2.66. The zero-order chi connectivity index (χ0) is 25.7. The normalized spacial score (nSPS) is 16.6. The third-order valence-corrected chi connectivity index (χ3v) is 6.89. The minimum Gasteiger partial charge on any atom is -0.497 e. The highest BCUT2D eigenvalue weighted by Crippen LogP contribution is 2.45. The number of amides is 1. The molecule has 0 spiro atoms. The summed E-state index contributed by atoms with van der Waals surface area (Å²) in [4.78, 5) is 34.7. The molecular weight excluding hydrogens is 474 g/mol. The lowest BCUT2D eigenvalue weighted by Gasteiger charge is -2.36. The Morgan fingerprint density at radius 2 is 1.89 bits per heavy atom. The number of methoxy groups -OCH3 is 1. The number of benzene rings is 2. The number of amidine groups is 1. The van der Waals surface area contributed by atoms with E-state index in [1.54, 1.807) is 19.1 Å². The van der Waals surface area contributed by atoms with Crippen molar-refractivity contribution in [1.29, 1.82) is 0 Å². The molecule has 8 heteroatoms. The van der Waals surface area contributed by atoms with E-state index in [0.717, 1.165) is 22.0 Å². The molecule has 7 nitrogen and oxygen atoms in total. The number of nitrogens with zero attached hydrogens (tertiary/aromatic N) is 3. The van der Waals surface area contributed by atoms with Crippen molar-refractivity contribution in [3.05, 3.63) is 101 Å². The largest absolute Gasteiger partial charge is 0.497 e. The molecule has 4 rings (SSSR count). The highest BCUT2D eigenvalue weighted by Gasteiger charge is 2.41. The van der Waals surface area contributed by atoms with Gasteiger partial charge in [-0.15, -0.1) is 0 Å². The van der Waals surface area contributed by atoms with Gasteiger partial charge in [-0.05, 0) is 35.6 Å². The average molecular weight is 504 g/mol. The van der Waals surface area contributed by atoms with Crippen LogP contribution >= 0.6 is 11.8 Å². The molecule has 0 saturated carbocycles. The van der Waals surface area contributed by atoms with E-state index < -0.39 is 12.0 Å². The SMILES string of the molecule is C=CCOC(=O)C1=C(C)N=C2SC=C(CC(=O)N(C)Cc3ccccc3)N2C1c1ccc(OC)cc1. The molecule has 2 aliphatic heterocycles. The molecule has 1 atom stereocenters. The van der Waals surface area contributed by atoms with Crippen LogP contribution in [0.2, 0.25) is 0 Å². The third-order valence-electron chi connectivity index (χ3n) is 6.01. The molecule has 0 N–H and O–H groups in total. The fourth-order valence-electron chi connectivity index (χ4n) is 4.18. The molecule has 2 heterocycles. The van der Waals surface area contributed by atoms with Gasteiger partial charge in [0, 0.05) is 19.3 Å². The minimum absolute atomic E-state index is 0.0255. The van der Waals surface area contributed by atoms with Crippen LogP contribution < -0.4 is 4.74 Å². The van der Waals surface area contributed by atoms with Crippen LogP contribution in [0.15, 0.2) is 94.6 Å². The van der Waals surface area contributed by atoms with Crippen molar-refractivity contribution in [2.45, 2.75) is 25.9 Å². The lowest BCUT2D eigenvalue weighted by molar-refractivity contribution is -0.138. The van der Waals surface area contributed by atoms with Crippen molar-refractivity contribution < 1.29 is 19.1 Å². The number of esters is 1. The Hall–Kier alpha value is -3.78. The van der Waals surface area contributed by atoms with Crippen LogP contribution in [0.25, 0.3) is 0 Å². The smallest absolute Gasteiger partial charge is 0.338 e. The number of fused-ring (bicyclic) bond motifs is 1. The fourth-order valence-corrected chi connectivity index (χ4v) is 5.14. The molecule has 0 fully saturated rings. The maximum absolute atomic E-state index is 13.2. The predicted octanol–water partition coefficient (Wildman–Crippen LogP) is 5.05. The number of ether oxygens (including phenoxy) is 2. The van der Waals surface area contributed by atoms with E-state index in [-0.39, 0.29) is 18.9 Å². The maximum Gasteiger partial charge on any atom is 0.338 e. The average Bonchev–Trinajstić information content (AvgIpc) is 3.28. The lowest BCUT2D eigenvalue weighted by atomic mass is 9.93. The highest BCUT2D eigenvalue weighted by molar-refractivity contribution is 8.16. The molecule has 1 unspecified atom stereocenters. The van der Waals surface area contributed by atoms with Gasteiger partial charge in [0.15, 0.2) is 5.17 Å². The molecule has 0 radical (unpaired) electrons. The summed E-state index contributed by atoms with van der Waals surface area (Å²) in [6, 6.07) is 16.9. The number of aliphatic imine (C=N–C) groups is 1. The Morgan fingerprint density at radius 1 is 1.17 bits per heavy atom. The first-order chi connectivity index (χ1) is 17.4. The van der Waals surface area contributed by atoms with E-state index in [1.165, 1.54) is 17.8 Å². The van der Waals surface area contributed by atoms with Crippen LogP contribution in [0.3, 0.4) is 0 Å². The van der Waals surface area contributed by atoms with Gasteiger partial charge >= 0.3 is 5.97 Å². The van der Waals surface area contributed by atoms with E-state index in [2.05, 4.69) is 6.58 Å². The fraction of sp³-hybridized carbons (Fsp3) is 0.250. The number of carbonyl (C=O) groups excluding carboxylic acids is 2. The van der Waals surface area contributed by atoms with Gasteiger partial charge in [-0.3, -0.25) is 4.79 Å². The second-order valence-corrected chi connectivity index (χ2v) is 9.30. The van der Waals surface area contributed by atoms with Crippen LogP contribution in [0.5, 0.6) is 5.75 Å². The summed E-state index contributed by atoms with van der Waals surface area (Å²) in [5.74, 6) is 0.228.